The van der Waals surface area contributed by atoms with Crippen LogP contribution in [0.3, 0.4) is 0 Å². The number of aromatic nitrogens is 1. The lowest BCUT2D eigenvalue weighted by atomic mass is 10.0. The molecule has 6 nitrogen and oxygen atoms in total. The van der Waals surface area contributed by atoms with E-state index in [1.54, 1.807) is 44.3 Å². The number of amides is 2. The third kappa shape index (κ3) is 6.03. The highest BCUT2D eigenvalue weighted by molar-refractivity contribution is 6.31. The van der Waals surface area contributed by atoms with Crippen molar-refractivity contribution in [3.8, 4) is 5.75 Å². The highest BCUT2D eigenvalue weighted by Crippen LogP contribution is 2.38. The lowest BCUT2D eigenvalue weighted by molar-refractivity contribution is -0.138. The second kappa shape index (κ2) is 11.8. The van der Waals surface area contributed by atoms with Crippen LogP contribution in [0, 0.1) is 5.82 Å². The molecule has 0 aliphatic carbocycles. The first-order chi connectivity index (χ1) is 18.9. The summed E-state index contributed by atoms with van der Waals surface area (Å²) in [4.78, 5) is 27.3. The Labute approximate surface area is 237 Å². The highest BCUT2D eigenvalue weighted by atomic mass is 35.5. The summed E-state index contributed by atoms with van der Waals surface area (Å²) in [6, 6.07) is 13.1. The fourth-order valence-electron chi connectivity index (χ4n) is 4.22. The number of hydrogen-bond donors (Lipinski definition) is 1. The zero-order chi connectivity index (χ0) is 29.2. The number of nitrogens with zero attached hydrogens (tertiary/aromatic N) is 2. The Morgan fingerprint density at radius 3 is 2.27 bits per heavy atom. The van der Waals surface area contributed by atoms with E-state index in [0.717, 1.165) is 11.6 Å². The van der Waals surface area contributed by atoms with Gasteiger partial charge in [0.25, 0.3) is 5.91 Å². The molecule has 4 aromatic rings. The molecule has 0 fully saturated rings. The van der Waals surface area contributed by atoms with E-state index in [9.17, 15) is 27.2 Å². The van der Waals surface area contributed by atoms with Crippen LogP contribution in [0.4, 0.5) is 28.0 Å². The van der Waals surface area contributed by atoms with Crippen LogP contribution in [0.15, 0.2) is 60.8 Å². The number of rotatable bonds is 7. The van der Waals surface area contributed by atoms with Crippen LogP contribution in [0.25, 0.3) is 10.9 Å². The topological polar surface area (TPSA) is 63.6 Å². The molecule has 0 unspecified atom stereocenters. The fourth-order valence-corrected chi connectivity index (χ4v) is 4.50. The molecule has 0 saturated carbocycles. The van der Waals surface area contributed by atoms with Crippen LogP contribution in [0.5, 0.6) is 5.75 Å². The minimum absolute atomic E-state index is 0.106. The van der Waals surface area contributed by atoms with Gasteiger partial charge in [0.05, 0.1) is 27.4 Å². The van der Waals surface area contributed by atoms with Gasteiger partial charge in [-0.15, -0.1) is 0 Å². The van der Waals surface area contributed by atoms with Gasteiger partial charge in [-0.2, -0.15) is 13.2 Å². The van der Waals surface area contributed by atoms with E-state index >= 15 is 0 Å². The Bertz CT molecular complexity index is 1570. The molecule has 1 aromatic heterocycles. The maximum atomic E-state index is 14.8. The first-order valence-electron chi connectivity index (χ1n) is 12.1. The molecule has 0 bridgehead atoms. The predicted molar refractivity (Wildman–Crippen MR) is 146 cm³/mol. The van der Waals surface area contributed by atoms with Gasteiger partial charge in [0.15, 0.2) is 11.6 Å². The Morgan fingerprint density at radius 2 is 1.65 bits per heavy atom. The third-order valence-electron chi connectivity index (χ3n) is 6.27. The van der Waals surface area contributed by atoms with Crippen LogP contribution in [0.1, 0.15) is 35.3 Å². The van der Waals surface area contributed by atoms with Crippen molar-refractivity contribution in [2.75, 3.05) is 18.4 Å². The quantitative estimate of drug-likeness (QED) is 0.219. The van der Waals surface area contributed by atoms with Gasteiger partial charge in [-0.25, -0.2) is 9.18 Å². The van der Waals surface area contributed by atoms with E-state index in [0.29, 0.717) is 41.6 Å². The van der Waals surface area contributed by atoms with Crippen molar-refractivity contribution in [3.63, 3.8) is 0 Å². The molecule has 0 spiro atoms. The molecule has 40 heavy (non-hydrogen) atoms. The molecule has 0 aliphatic heterocycles. The van der Waals surface area contributed by atoms with E-state index in [2.05, 4.69) is 5.32 Å². The van der Waals surface area contributed by atoms with Crippen LogP contribution >= 0.6 is 23.2 Å². The number of alkyl halides is 3. The van der Waals surface area contributed by atoms with E-state index in [-0.39, 0.29) is 11.4 Å². The number of halogens is 6. The lowest BCUT2D eigenvalue weighted by Gasteiger charge is -2.20. The summed E-state index contributed by atoms with van der Waals surface area (Å²) in [6.45, 7) is 4.55. The third-order valence-corrected chi connectivity index (χ3v) is 6.81. The van der Waals surface area contributed by atoms with E-state index in [1.165, 1.54) is 11.0 Å². The van der Waals surface area contributed by atoms with Crippen LogP contribution in [-0.2, 0) is 12.7 Å². The Balaban J connectivity index is 1.82. The predicted octanol–water partition coefficient (Wildman–Crippen LogP) is 8.25. The lowest BCUT2D eigenvalue weighted by Crippen LogP contribution is -2.33. The first kappa shape index (κ1) is 29.2. The van der Waals surface area contributed by atoms with E-state index in [1.807, 2.05) is 16.7 Å². The summed E-state index contributed by atoms with van der Waals surface area (Å²) in [7, 11) is 0. The largest absolute Gasteiger partial charge is 0.417 e. The van der Waals surface area contributed by atoms with Crippen molar-refractivity contribution in [2.45, 2.75) is 26.6 Å². The van der Waals surface area contributed by atoms with Gasteiger partial charge in [-0.05, 0) is 61.9 Å². The maximum absolute atomic E-state index is 14.8. The Morgan fingerprint density at radius 1 is 0.975 bits per heavy atom. The van der Waals surface area contributed by atoms with Gasteiger partial charge >= 0.3 is 12.3 Å². The van der Waals surface area contributed by atoms with Gasteiger partial charge in [0, 0.05) is 36.2 Å². The van der Waals surface area contributed by atoms with Gasteiger partial charge in [0.1, 0.15) is 0 Å². The first-order valence-corrected chi connectivity index (χ1v) is 12.9. The molecule has 0 radical (unpaired) electrons. The number of nitrogens with one attached hydrogen (secondary N) is 1. The molecule has 3 aromatic carbocycles. The summed E-state index contributed by atoms with van der Waals surface area (Å²) in [6.07, 6.45) is -4.07. The Kier molecular flexibility index (Phi) is 8.60. The van der Waals surface area contributed by atoms with Crippen molar-refractivity contribution >= 4 is 51.8 Å². The number of carbonyl (C=O) groups excluding carboxylic acids is 2. The molecule has 210 valence electrons. The van der Waals surface area contributed by atoms with Crippen molar-refractivity contribution in [1.29, 1.82) is 0 Å². The number of fused-ring (bicyclic) bond motifs is 1. The molecular weight excluding hydrogens is 573 g/mol. The summed E-state index contributed by atoms with van der Waals surface area (Å²) < 4.78 is 63.3. The molecule has 4 rings (SSSR count). The smallest absolute Gasteiger partial charge is 0.408 e. The normalized spacial score (nSPS) is 11.5. The highest BCUT2D eigenvalue weighted by Gasteiger charge is 2.38. The molecule has 0 saturated heterocycles. The van der Waals surface area contributed by atoms with Crippen LogP contribution in [0.2, 0.25) is 10.0 Å². The molecule has 0 aliphatic rings. The summed E-state index contributed by atoms with van der Waals surface area (Å²) in [5, 5.41) is 2.61. The number of benzene rings is 3. The fraction of sp³-hybridized carbons (Fsp3) is 0.214. The number of hydrogen-bond acceptors (Lipinski definition) is 3. The number of ether oxygens (including phenoxy) is 1. The minimum Gasteiger partial charge on any atom is -0.408 e. The summed E-state index contributed by atoms with van der Waals surface area (Å²) in [5.74, 6) is -3.06. The molecule has 1 N–H and O–H groups in total. The standard InChI is InChI=1S/C28H23Cl2F4N3O3/c1-3-36(4-2)27(39)40-22-12-11-21-18(13-14-37(21)15-16-5-7-17(29)8-6-16)25(22)35-26(38)23-19(28(32,33)34)9-10-20(30)24(23)31/h5-14H,3-4,15H2,1-2H3,(H,35,38). The Hall–Kier alpha value is -3.76. The van der Waals surface area contributed by atoms with Gasteiger partial charge in [0.2, 0.25) is 0 Å². The molecular formula is C28H23Cl2F4N3O3. The van der Waals surface area contributed by atoms with E-state index in [4.69, 9.17) is 27.9 Å². The van der Waals surface area contributed by atoms with Crippen molar-refractivity contribution in [1.82, 2.24) is 9.47 Å². The molecule has 12 heteroatoms. The summed E-state index contributed by atoms with van der Waals surface area (Å²) >= 11 is 11.7. The number of carbonyl (C=O) groups is 2. The van der Waals surface area contributed by atoms with Crippen molar-refractivity contribution in [3.05, 3.63) is 93.3 Å². The zero-order valence-corrected chi connectivity index (χ0v) is 22.8. The average Bonchev–Trinajstić information content (AvgIpc) is 3.31. The molecule has 0 atom stereocenters. The SMILES string of the molecule is CCN(CC)C(=O)Oc1ccc2c(ccn2Cc2ccc(Cl)cc2)c1NC(=O)c1c(C(F)(F)F)ccc(Cl)c1F. The zero-order valence-electron chi connectivity index (χ0n) is 21.3. The van der Waals surface area contributed by atoms with E-state index < -0.39 is 40.1 Å². The van der Waals surface area contributed by atoms with Gasteiger partial charge in [-0.1, -0.05) is 35.3 Å². The monoisotopic (exact) mass is 595 g/mol. The van der Waals surface area contributed by atoms with Gasteiger partial charge < -0.3 is 19.5 Å². The van der Waals surface area contributed by atoms with Crippen LogP contribution in [-0.4, -0.2) is 34.6 Å². The average molecular weight is 596 g/mol. The van der Waals surface area contributed by atoms with Crippen LogP contribution < -0.4 is 10.1 Å². The van der Waals surface area contributed by atoms with Crippen molar-refractivity contribution < 1.29 is 31.9 Å². The number of anilines is 1. The second-order valence-electron chi connectivity index (χ2n) is 8.72. The minimum atomic E-state index is -5.04. The molecule has 2 amide bonds. The summed E-state index contributed by atoms with van der Waals surface area (Å²) in [5.41, 5.74) is -1.42. The molecule has 1 heterocycles. The second-order valence-corrected chi connectivity index (χ2v) is 9.56. The maximum Gasteiger partial charge on any atom is 0.417 e. The van der Waals surface area contributed by atoms with Gasteiger partial charge in [-0.3, -0.25) is 4.79 Å². The van der Waals surface area contributed by atoms with Crippen molar-refractivity contribution in [2.24, 2.45) is 0 Å².